The number of rotatable bonds is 5. The third kappa shape index (κ3) is 5.48. The highest BCUT2D eigenvalue weighted by Crippen LogP contribution is 2.30. The highest BCUT2D eigenvalue weighted by Gasteiger charge is 2.27. The molecule has 0 aromatic heterocycles. The molecule has 0 bridgehead atoms. The fraction of sp³-hybridized carbons (Fsp3) is 0.684. The molecule has 0 aliphatic carbocycles. The summed E-state index contributed by atoms with van der Waals surface area (Å²) in [5.41, 5.74) is 1.20. The van der Waals surface area contributed by atoms with Gasteiger partial charge in [-0.3, -0.25) is 0 Å². The Labute approximate surface area is 140 Å². The highest BCUT2D eigenvalue weighted by molar-refractivity contribution is 5.38. The van der Waals surface area contributed by atoms with E-state index in [9.17, 15) is 5.11 Å². The van der Waals surface area contributed by atoms with Gasteiger partial charge in [0.2, 0.25) is 0 Å². The molecule has 1 fully saturated rings. The van der Waals surface area contributed by atoms with E-state index in [1.807, 2.05) is 18.2 Å². The van der Waals surface area contributed by atoms with Crippen LogP contribution in [0.1, 0.15) is 40.2 Å². The van der Waals surface area contributed by atoms with E-state index in [0.717, 1.165) is 18.8 Å². The molecule has 1 saturated heterocycles. The van der Waals surface area contributed by atoms with Crippen molar-refractivity contribution < 1.29 is 19.5 Å². The van der Waals surface area contributed by atoms with Gasteiger partial charge in [-0.2, -0.15) is 0 Å². The van der Waals surface area contributed by atoms with Gasteiger partial charge in [0.25, 0.3) is 0 Å². The van der Waals surface area contributed by atoms with Crippen LogP contribution in [0.25, 0.3) is 0 Å². The van der Waals surface area contributed by atoms with Crippen LogP contribution in [0.15, 0.2) is 24.3 Å². The number of aliphatic hydroxyl groups is 1. The van der Waals surface area contributed by atoms with Gasteiger partial charge in [-0.1, -0.05) is 39.0 Å². The molecule has 1 aliphatic rings. The highest BCUT2D eigenvalue weighted by atomic mass is 16.5. The first-order valence-electron chi connectivity index (χ1n) is 8.65. The van der Waals surface area contributed by atoms with Gasteiger partial charge in [0, 0.05) is 0 Å². The molecule has 2 rings (SSSR count). The van der Waals surface area contributed by atoms with Crippen molar-refractivity contribution in [2.24, 2.45) is 0 Å². The molecule has 0 saturated carbocycles. The summed E-state index contributed by atoms with van der Waals surface area (Å²) in [6, 6.07) is 8.09. The minimum atomic E-state index is -0.462. The van der Waals surface area contributed by atoms with Crippen molar-refractivity contribution in [1.82, 2.24) is 0 Å². The predicted octanol–water partition coefficient (Wildman–Crippen LogP) is 1.42. The van der Waals surface area contributed by atoms with Gasteiger partial charge in [0.15, 0.2) is 0 Å². The molecule has 0 radical (unpaired) electrons. The van der Waals surface area contributed by atoms with E-state index in [2.05, 4.69) is 40.7 Å². The zero-order chi connectivity index (χ0) is 17.0. The van der Waals surface area contributed by atoms with E-state index >= 15 is 0 Å². The van der Waals surface area contributed by atoms with Crippen LogP contribution < -0.4 is 9.64 Å². The smallest absolute Gasteiger partial charge is 0.137 e. The van der Waals surface area contributed by atoms with Crippen LogP contribution in [0.2, 0.25) is 0 Å². The van der Waals surface area contributed by atoms with E-state index in [-0.39, 0.29) is 17.6 Å². The zero-order valence-electron chi connectivity index (χ0n) is 15.1. The number of nitrogens with one attached hydrogen (secondary N) is 1. The number of para-hydroxylation sites is 1. The second kappa shape index (κ2) is 7.65. The summed E-state index contributed by atoms with van der Waals surface area (Å²) in [5.74, 6) is 0.873. The molecule has 0 spiro atoms. The fourth-order valence-corrected chi connectivity index (χ4v) is 3.35. The molecule has 130 valence electrons. The summed E-state index contributed by atoms with van der Waals surface area (Å²) in [5, 5.41) is 10.3. The summed E-state index contributed by atoms with van der Waals surface area (Å²) in [4.78, 5) is 1.39. The normalized spacial score (nSPS) is 26.8. The first-order valence-corrected chi connectivity index (χ1v) is 8.65. The summed E-state index contributed by atoms with van der Waals surface area (Å²) in [6.45, 7) is 13.6. The largest absolute Gasteiger partial charge is 0.490 e. The van der Waals surface area contributed by atoms with E-state index in [4.69, 9.17) is 9.47 Å². The second-order valence-corrected chi connectivity index (χ2v) is 7.83. The monoisotopic (exact) mass is 322 g/mol. The van der Waals surface area contributed by atoms with Crippen molar-refractivity contribution in [3.63, 3.8) is 0 Å². The number of benzene rings is 1. The molecule has 2 N–H and O–H groups in total. The summed E-state index contributed by atoms with van der Waals surface area (Å²) >= 11 is 0. The average molecular weight is 322 g/mol. The maximum absolute atomic E-state index is 10.3. The number of quaternary nitrogens is 1. The summed E-state index contributed by atoms with van der Waals surface area (Å²) < 4.78 is 11.7. The summed E-state index contributed by atoms with van der Waals surface area (Å²) in [6.07, 6.45) is 0.0440. The third-order valence-corrected chi connectivity index (χ3v) is 4.27. The Hall–Kier alpha value is -1.10. The van der Waals surface area contributed by atoms with Crippen molar-refractivity contribution in [3.8, 4) is 5.75 Å². The second-order valence-electron chi connectivity index (χ2n) is 7.83. The molecule has 1 unspecified atom stereocenters. The van der Waals surface area contributed by atoms with Gasteiger partial charge < -0.3 is 19.5 Å². The summed E-state index contributed by atoms with van der Waals surface area (Å²) in [7, 11) is 0. The van der Waals surface area contributed by atoms with Crippen molar-refractivity contribution >= 4 is 0 Å². The number of ether oxygens (including phenoxy) is 2. The molecule has 4 nitrogen and oxygen atoms in total. The molecular formula is C19H32NO3+. The average Bonchev–Trinajstić information content (AvgIpc) is 2.43. The van der Waals surface area contributed by atoms with Gasteiger partial charge in [-0.05, 0) is 30.9 Å². The maximum atomic E-state index is 10.3. The minimum absolute atomic E-state index is 0.0296. The Morgan fingerprint density at radius 2 is 1.83 bits per heavy atom. The number of hydrogen-bond donors (Lipinski definition) is 2. The Kier molecular flexibility index (Phi) is 6.06. The number of hydrogen-bond acceptors (Lipinski definition) is 3. The zero-order valence-corrected chi connectivity index (χ0v) is 15.1. The van der Waals surface area contributed by atoms with Crippen molar-refractivity contribution in [3.05, 3.63) is 29.8 Å². The number of morpholine rings is 1. The lowest BCUT2D eigenvalue weighted by molar-refractivity contribution is -0.918. The van der Waals surface area contributed by atoms with E-state index in [0.29, 0.717) is 13.2 Å². The molecule has 1 aliphatic heterocycles. The van der Waals surface area contributed by atoms with E-state index in [1.54, 1.807) is 0 Å². The van der Waals surface area contributed by atoms with Gasteiger partial charge in [-0.15, -0.1) is 0 Å². The first kappa shape index (κ1) is 18.2. The maximum Gasteiger partial charge on any atom is 0.137 e. The van der Waals surface area contributed by atoms with Crippen LogP contribution in [0.4, 0.5) is 0 Å². The lowest BCUT2D eigenvalue weighted by Gasteiger charge is -2.33. The van der Waals surface area contributed by atoms with E-state index in [1.165, 1.54) is 10.5 Å². The van der Waals surface area contributed by atoms with Crippen LogP contribution in [0, 0.1) is 0 Å². The fourth-order valence-electron chi connectivity index (χ4n) is 3.35. The SMILES string of the molecule is C[C@@H]1C[NH+](C[C@H](O)COc2ccccc2C(C)(C)C)C[C@H](C)O1. The quantitative estimate of drug-likeness (QED) is 0.861. The van der Waals surface area contributed by atoms with Gasteiger partial charge in [0.1, 0.15) is 50.3 Å². The third-order valence-electron chi connectivity index (χ3n) is 4.27. The topological polar surface area (TPSA) is 43.1 Å². The molecule has 4 atom stereocenters. The van der Waals surface area contributed by atoms with E-state index < -0.39 is 6.10 Å². The predicted molar refractivity (Wildman–Crippen MR) is 92.2 cm³/mol. The molecule has 1 aromatic rings. The van der Waals surface area contributed by atoms with Crippen molar-refractivity contribution in [2.45, 2.75) is 58.3 Å². The van der Waals surface area contributed by atoms with Crippen molar-refractivity contribution in [2.75, 3.05) is 26.2 Å². The van der Waals surface area contributed by atoms with Crippen LogP contribution in [0.5, 0.6) is 5.75 Å². The molecule has 23 heavy (non-hydrogen) atoms. The number of aliphatic hydroxyl groups excluding tert-OH is 1. The Morgan fingerprint density at radius 1 is 1.22 bits per heavy atom. The molecular weight excluding hydrogens is 290 g/mol. The lowest BCUT2D eigenvalue weighted by atomic mass is 9.86. The van der Waals surface area contributed by atoms with Crippen LogP contribution in [0.3, 0.4) is 0 Å². The lowest BCUT2D eigenvalue weighted by Crippen LogP contribution is -3.16. The molecule has 0 amide bonds. The molecule has 4 heteroatoms. The standard InChI is InChI=1S/C19H31NO3/c1-14-10-20(11-15(2)23-14)12-16(21)13-22-18-9-7-6-8-17(18)19(3,4)5/h6-9,14-16,21H,10-13H2,1-5H3/p+1/t14-,15+,16-/m0/s1. The minimum Gasteiger partial charge on any atom is -0.490 e. The van der Waals surface area contributed by atoms with Crippen molar-refractivity contribution in [1.29, 1.82) is 0 Å². The van der Waals surface area contributed by atoms with Crippen LogP contribution in [-0.2, 0) is 10.2 Å². The van der Waals surface area contributed by atoms with Gasteiger partial charge in [-0.25, -0.2) is 0 Å². The Balaban J connectivity index is 1.89. The van der Waals surface area contributed by atoms with Gasteiger partial charge >= 0.3 is 0 Å². The Bertz CT molecular complexity index is 488. The molecule has 1 heterocycles. The molecule has 1 aromatic carbocycles. The first-order chi connectivity index (χ1) is 10.8. The van der Waals surface area contributed by atoms with Crippen LogP contribution >= 0.6 is 0 Å². The van der Waals surface area contributed by atoms with Gasteiger partial charge in [0.05, 0.1) is 0 Å². The Morgan fingerprint density at radius 3 is 2.43 bits per heavy atom. The van der Waals surface area contributed by atoms with Crippen LogP contribution in [-0.4, -0.2) is 49.7 Å².